The average Bonchev–Trinajstić information content (AvgIpc) is 2.94. The molecule has 0 radical (unpaired) electrons. The summed E-state index contributed by atoms with van der Waals surface area (Å²) < 4.78 is 72.1. The van der Waals surface area contributed by atoms with Crippen molar-refractivity contribution in [2.24, 2.45) is 0 Å². The molecular weight excluding hydrogens is 462 g/mol. The molecule has 1 aliphatic rings. The maximum absolute atomic E-state index is 14.5. The molecule has 0 aliphatic heterocycles. The summed E-state index contributed by atoms with van der Waals surface area (Å²) in [5, 5.41) is 7.12. The molecule has 0 aromatic heterocycles. The zero-order valence-electron chi connectivity index (χ0n) is 18.2. The zero-order valence-corrected chi connectivity index (χ0v) is 19.0. The van der Waals surface area contributed by atoms with E-state index in [-0.39, 0.29) is 18.1 Å². The fourth-order valence-electron chi connectivity index (χ4n) is 3.67. The van der Waals surface area contributed by atoms with E-state index in [0.29, 0.717) is 11.5 Å². The Labute approximate surface area is 190 Å². The number of hydrogen-bond donors (Lipinski definition) is 2. The van der Waals surface area contributed by atoms with Gasteiger partial charge in [0.05, 0.1) is 5.75 Å². The van der Waals surface area contributed by atoms with Gasteiger partial charge >= 0.3 is 12.1 Å². The summed E-state index contributed by atoms with van der Waals surface area (Å²) in [6, 6.07) is 13.9. The number of aliphatic carboxylic acids is 1. The summed E-state index contributed by atoms with van der Waals surface area (Å²) in [7, 11) is -3.34. The number of carboxylic acids is 1. The molecule has 5 nitrogen and oxygen atoms in total. The molecule has 0 amide bonds. The van der Waals surface area contributed by atoms with Crippen LogP contribution in [0.2, 0.25) is 0 Å². The second-order valence-electron chi connectivity index (χ2n) is 7.80. The van der Waals surface area contributed by atoms with Crippen LogP contribution in [0.15, 0.2) is 42.5 Å². The molecule has 0 spiro atoms. The summed E-state index contributed by atoms with van der Waals surface area (Å²) in [5.41, 5.74) is 3.96. The number of aryl methyl sites for hydroxylation is 1. The van der Waals surface area contributed by atoms with Crippen LogP contribution >= 0.6 is 0 Å². The van der Waals surface area contributed by atoms with Crippen molar-refractivity contribution in [3.63, 3.8) is 0 Å². The highest BCUT2D eigenvalue weighted by molar-refractivity contribution is 7.89. The van der Waals surface area contributed by atoms with Crippen LogP contribution in [-0.4, -0.2) is 31.4 Å². The molecule has 2 aromatic carbocycles. The smallest absolute Gasteiger partial charge is 0.475 e. The third kappa shape index (κ3) is 8.43. The predicted octanol–water partition coefficient (Wildman–Crippen LogP) is 4.95. The minimum absolute atomic E-state index is 0.00378. The summed E-state index contributed by atoms with van der Waals surface area (Å²) in [5.74, 6) is -2.73. The number of carbonyl (C=O) groups is 1. The van der Waals surface area contributed by atoms with Gasteiger partial charge in [0.25, 0.3) is 0 Å². The minimum Gasteiger partial charge on any atom is -0.475 e. The first kappa shape index (κ1) is 26.8. The van der Waals surface area contributed by atoms with Gasteiger partial charge in [0.1, 0.15) is 5.82 Å². The number of halogens is 4. The van der Waals surface area contributed by atoms with Gasteiger partial charge in [-0.05, 0) is 61.3 Å². The van der Waals surface area contributed by atoms with Crippen LogP contribution in [0.25, 0.3) is 0 Å². The van der Waals surface area contributed by atoms with Crippen molar-refractivity contribution in [3.8, 4) is 0 Å². The normalized spacial score (nSPS) is 16.2. The molecule has 10 heteroatoms. The summed E-state index contributed by atoms with van der Waals surface area (Å²) >= 11 is 0. The van der Waals surface area contributed by atoms with E-state index in [4.69, 9.17) is 9.90 Å². The van der Waals surface area contributed by atoms with Crippen molar-refractivity contribution < 1.29 is 35.9 Å². The molecule has 0 bridgehead atoms. The third-order valence-electron chi connectivity index (χ3n) is 5.43. The molecule has 182 valence electrons. The van der Waals surface area contributed by atoms with E-state index in [1.807, 2.05) is 24.3 Å². The Kier molecular flexibility index (Phi) is 9.42. The Morgan fingerprint density at radius 2 is 1.79 bits per heavy atom. The van der Waals surface area contributed by atoms with E-state index < -0.39 is 22.2 Å². The third-order valence-corrected chi connectivity index (χ3v) is 6.77. The fourth-order valence-corrected chi connectivity index (χ4v) is 4.25. The largest absolute Gasteiger partial charge is 0.490 e. The first-order chi connectivity index (χ1) is 15.4. The van der Waals surface area contributed by atoms with Gasteiger partial charge in [0.15, 0.2) is 0 Å². The highest BCUT2D eigenvalue weighted by atomic mass is 32.2. The number of carboxylic acid groups (broad SMARTS) is 1. The number of fused-ring (bicyclic) bond motifs is 1. The highest BCUT2D eigenvalue weighted by Crippen LogP contribution is 2.34. The van der Waals surface area contributed by atoms with Crippen LogP contribution in [-0.2, 0) is 34.2 Å². The van der Waals surface area contributed by atoms with Gasteiger partial charge in [-0.25, -0.2) is 22.3 Å². The SMILES string of the molecule is CCS(=O)(=O)NCc1cc2c(cc1F)CCCCC2Cc1ccccc1.O=C(O)C(F)(F)F. The second kappa shape index (κ2) is 11.6. The summed E-state index contributed by atoms with van der Waals surface area (Å²) in [6.07, 6.45) is 0.0108. The molecule has 33 heavy (non-hydrogen) atoms. The lowest BCUT2D eigenvalue weighted by atomic mass is 9.86. The highest BCUT2D eigenvalue weighted by Gasteiger charge is 2.38. The summed E-state index contributed by atoms with van der Waals surface area (Å²) in [4.78, 5) is 8.90. The van der Waals surface area contributed by atoms with Gasteiger partial charge in [-0.15, -0.1) is 0 Å². The molecule has 1 atom stereocenters. The van der Waals surface area contributed by atoms with Crippen molar-refractivity contribution in [1.29, 1.82) is 0 Å². The van der Waals surface area contributed by atoms with Crippen molar-refractivity contribution in [1.82, 2.24) is 4.72 Å². The number of benzene rings is 2. The van der Waals surface area contributed by atoms with Crippen LogP contribution in [0, 0.1) is 5.82 Å². The Hall–Kier alpha value is -2.46. The van der Waals surface area contributed by atoms with Gasteiger partial charge < -0.3 is 5.11 Å². The Balaban J connectivity index is 0.000000479. The lowest BCUT2D eigenvalue weighted by Crippen LogP contribution is -2.25. The lowest BCUT2D eigenvalue weighted by molar-refractivity contribution is -0.192. The van der Waals surface area contributed by atoms with E-state index in [1.165, 1.54) is 11.1 Å². The second-order valence-corrected chi connectivity index (χ2v) is 9.90. The standard InChI is InChI=1S/C21H26FNO2S.C2HF3O2/c1-2-26(24,25)23-15-19-13-20-17(12-16-8-4-3-5-9-16)10-6-7-11-18(20)14-21(19)22;3-2(4,5)1(6)7/h3-5,8-9,13-14,17,23H,2,6-7,10-12,15H2,1H3;(H,6,7). The lowest BCUT2D eigenvalue weighted by Gasteiger charge is -2.20. The van der Waals surface area contributed by atoms with Crippen LogP contribution in [0.3, 0.4) is 0 Å². The van der Waals surface area contributed by atoms with E-state index >= 15 is 0 Å². The topological polar surface area (TPSA) is 83.5 Å². The first-order valence-corrected chi connectivity index (χ1v) is 12.2. The molecule has 0 fully saturated rings. The quantitative estimate of drug-likeness (QED) is 0.444. The van der Waals surface area contributed by atoms with E-state index in [2.05, 4.69) is 16.9 Å². The molecule has 0 saturated carbocycles. The number of nitrogens with one attached hydrogen (secondary N) is 1. The molecular formula is C23H27F4NO4S. The predicted molar refractivity (Wildman–Crippen MR) is 117 cm³/mol. The van der Waals surface area contributed by atoms with Gasteiger partial charge in [0.2, 0.25) is 10.0 Å². The first-order valence-electron chi connectivity index (χ1n) is 10.6. The minimum atomic E-state index is -5.08. The van der Waals surface area contributed by atoms with Gasteiger partial charge in [0, 0.05) is 12.1 Å². The Bertz CT molecular complexity index is 1040. The average molecular weight is 490 g/mol. The molecule has 1 aliphatic carbocycles. The molecule has 0 heterocycles. The molecule has 2 N–H and O–H groups in total. The van der Waals surface area contributed by atoms with Crippen LogP contribution in [0.4, 0.5) is 17.6 Å². The van der Waals surface area contributed by atoms with Gasteiger partial charge in [-0.3, -0.25) is 0 Å². The Morgan fingerprint density at radius 3 is 2.36 bits per heavy atom. The van der Waals surface area contributed by atoms with Gasteiger partial charge in [-0.1, -0.05) is 42.8 Å². The molecule has 3 rings (SSSR count). The number of sulfonamides is 1. The van der Waals surface area contributed by atoms with Crippen molar-refractivity contribution >= 4 is 16.0 Å². The number of rotatable bonds is 6. The van der Waals surface area contributed by atoms with Crippen molar-refractivity contribution in [2.75, 3.05) is 5.75 Å². The Morgan fingerprint density at radius 1 is 1.15 bits per heavy atom. The molecule has 0 saturated heterocycles. The van der Waals surface area contributed by atoms with Crippen LogP contribution < -0.4 is 4.72 Å². The molecule has 1 unspecified atom stereocenters. The van der Waals surface area contributed by atoms with Crippen LogP contribution in [0.5, 0.6) is 0 Å². The van der Waals surface area contributed by atoms with E-state index in [9.17, 15) is 26.0 Å². The fraction of sp³-hybridized carbons (Fsp3) is 0.435. The van der Waals surface area contributed by atoms with Crippen molar-refractivity contribution in [3.05, 3.63) is 70.5 Å². The van der Waals surface area contributed by atoms with Crippen LogP contribution in [0.1, 0.15) is 54.4 Å². The summed E-state index contributed by atoms with van der Waals surface area (Å²) in [6.45, 7) is 1.58. The number of alkyl halides is 3. The van der Waals surface area contributed by atoms with Crippen molar-refractivity contribution in [2.45, 2.75) is 57.7 Å². The zero-order chi connectivity index (χ0) is 24.6. The van der Waals surface area contributed by atoms with E-state index in [0.717, 1.165) is 37.7 Å². The van der Waals surface area contributed by atoms with Gasteiger partial charge in [-0.2, -0.15) is 13.2 Å². The monoisotopic (exact) mass is 489 g/mol. The molecule has 2 aromatic rings. The number of hydrogen-bond acceptors (Lipinski definition) is 3. The maximum Gasteiger partial charge on any atom is 0.490 e. The van der Waals surface area contributed by atoms with E-state index in [1.54, 1.807) is 13.0 Å². The maximum atomic E-state index is 14.5.